The molecule has 0 bridgehead atoms. The Labute approximate surface area is 136 Å². The topological polar surface area (TPSA) is 110 Å². The molecule has 0 atom stereocenters. The number of aromatic nitrogens is 4. The number of aromatic amines is 1. The summed E-state index contributed by atoms with van der Waals surface area (Å²) in [6.45, 7) is 6.12. The summed E-state index contributed by atoms with van der Waals surface area (Å²) in [5.74, 6) is 0.221. The van der Waals surface area contributed by atoms with Crippen LogP contribution in [0.25, 0.3) is 16.9 Å². The highest BCUT2D eigenvalue weighted by Crippen LogP contribution is 2.27. The summed E-state index contributed by atoms with van der Waals surface area (Å²) in [6.07, 6.45) is 1.12. The van der Waals surface area contributed by atoms with Crippen molar-refractivity contribution in [2.75, 3.05) is 0 Å². The third kappa shape index (κ3) is 2.85. The number of benzene rings is 1. The molecule has 8 nitrogen and oxygen atoms in total. The number of carboxylic acid groups (broad SMARTS) is 1. The fourth-order valence-corrected chi connectivity index (χ4v) is 2.44. The Kier molecular flexibility index (Phi) is 3.59. The third-order valence-corrected chi connectivity index (χ3v) is 3.51. The van der Waals surface area contributed by atoms with Crippen molar-refractivity contribution in [3.8, 4) is 11.7 Å². The number of hydrogen-bond donors (Lipinski definition) is 2. The fraction of sp³-hybridized carbons (Fsp3) is 0.250. The summed E-state index contributed by atoms with van der Waals surface area (Å²) >= 11 is 0. The summed E-state index contributed by atoms with van der Waals surface area (Å²) in [6, 6.07) is 5.47. The molecule has 0 aliphatic rings. The molecular formula is C16H16N4O4. The number of fused-ring (bicyclic) bond motifs is 1. The minimum Gasteiger partial charge on any atom is -0.449 e. The summed E-state index contributed by atoms with van der Waals surface area (Å²) in [7, 11) is 0. The van der Waals surface area contributed by atoms with Gasteiger partial charge < -0.3 is 9.84 Å². The zero-order chi connectivity index (χ0) is 17.5. The van der Waals surface area contributed by atoms with Crippen LogP contribution in [0.5, 0.6) is 5.75 Å². The number of para-hydroxylation sites is 1. The molecule has 0 unspecified atom stereocenters. The normalized spacial score (nSPS) is 11.6. The number of nitrogens with zero attached hydrogens (tertiary/aromatic N) is 3. The molecule has 2 aromatic heterocycles. The first-order valence-corrected chi connectivity index (χ1v) is 7.25. The van der Waals surface area contributed by atoms with Gasteiger partial charge in [-0.25, -0.2) is 14.5 Å². The highest BCUT2D eigenvalue weighted by molar-refractivity contribution is 5.82. The molecule has 0 saturated carbocycles. The molecular weight excluding hydrogens is 312 g/mol. The van der Waals surface area contributed by atoms with Crippen molar-refractivity contribution in [1.82, 2.24) is 19.7 Å². The summed E-state index contributed by atoms with van der Waals surface area (Å²) in [4.78, 5) is 30.1. The van der Waals surface area contributed by atoms with Gasteiger partial charge in [-0.15, -0.1) is 0 Å². The van der Waals surface area contributed by atoms with Crippen molar-refractivity contribution in [2.24, 2.45) is 0 Å². The maximum Gasteiger partial charge on any atom is 0.511 e. The average Bonchev–Trinajstić information content (AvgIpc) is 2.93. The molecule has 0 aliphatic heterocycles. The van der Waals surface area contributed by atoms with Crippen molar-refractivity contribution in [2.45, 2.75) is 26.2 Å². The van der Waals surface area contributed by atoms with Crippen molar-refractivity contribution < 1.29 is 14.6 Å². The lowest BCUT2D eigenvalue weighted by atomic mass is 9.85. The van der Waals surface area contributed by atoms with Crippen molar-refractivity contribution in [3.63, 3.8) is 0 Å². The maximum atomic E-state index is 12.4. The largest absolute Gasteiger partial charge is 0.511 e. The molecule has 1 aromatic carbocycles. The summed E-state index contributed by atoms with van der Waals surface area (Å²) < 4.78 is 5.79. The predicted molar refractivity (Wildman–Crippen MR) is 86.8 cm³/mol. The van der Waals surface area contributed by atoms with Crippen molar-refractivity contribution in [3.05, 3.63) is 46.5 Å². The van der Waals surface area contributed by atoms with E-state index in [9.17, 15) is 9.59 Å². The number of H-pyrrole nitrogens is 1. The molecule has 0 radical (unpaired) electrons. The second kappa shape index (κ2) is 5.48. The van der Waals surface area contributed by atoms with Gasteiger partial charge in [0.25, 0.3) is 5.56 Å². The minimum absolute atomic E-state index is 0.0364. The van der Waals surface area contributed by atoms with Gasteiger partial charge in [0.15, 0.2) is 5.75 Å². The third-order valence-electron chi connectivity index (χ3n) is 3.51. The number of carbonyl (C=O) groups is 1. The highest BCUT2D eigenvalue weighted by Gasteiger charge is 2.19. The molecule has 0 amide bonds. The van der Waals surface area contributed by atoms with E-state index in [1.165, 1.54) is 17.1 Å². The van der Waals surface area contributed by atoms with Crippen LogP contribution in [0.2, 0.25) is 0 Å². The van der Waals surface area contributed by atoms with Crippen molar-refractivity contribution >= 4 is 17.1 Å². The van der Waals surface area contributed by atoms with Gasteiger partial charge in [-0.3, -0.25) is 9.78 Å². The molecule has 3 aromatic rings. The smallest absolute Gasteiger partial charge is 0.449 e. The molecule has 0 spiro atoms. The van der Waals surface area contributed by atoms with Gasteiger partial charge in [-0.1, -0.05) is 32.9 Å². The Morgan fingerprint density at radius 2 is 2.08 bits per heavy atom. The first-order chi connectivity index (χ1) is 11.3. The standard InChI is InChI=1S/C16H16N4O4/c1-16(2,3)11-6-4-5-10-12(11)18-14(19-13(10)21)20-8-9(7-17-20)24-15(22)23/h4-8H,1-3H3,(H,22,23)(H,18,19,21). The molecule has 2 N–H and O–H groups in total. The SMILES string of the molecule is CC(C)(C)c1cccc2c(=O)[nH]c(-n3cc(OC(=O)O)cn3)nc12. The first-order valence-electron chi connectivity index (χ1n) is 7.25. The van der Waals surface area contributed by atoms with E-state index in [4.69, 9.17) is 5.11 Å². The van der Waals surface area contributed by atoms with E-state index >= 15 is 0 Å². The molecule has 2 heterocycles. The highest BCUT2D eigenvalue weighted by atomic mass is 16.7. The summed E-state index contributed by atoms with van der Waals surface area (Å²) in [5, 5.41) is 13.1. The molecule has 0 saturated heterocycles. The van der Waals surface area contributed by atoms with Gasteiger partial charge in [0.2, 0.25) is 5.95 Å². The van der Waals surface area contributed by atoms with E-state index in [1.54, 1.807) is 6.07 Å². The van der Waals surface area contributed by atoms with Gasteiger partial charge in [0, 0.05) is 0 Å². The van der Waals surface area contributed by atoms with Crippen LogP contribution in [0.4, 0.5) is 4.79 Å². The Hall–Kier alpha value is -3.16. The van der Waals surface area contributed by atoms with Crippen LogP contribution in [0.3, 0.4) is 0 Å². The number of nitrogens with one attached hydrogen (secondary N) is 1. The average molecular weight is 328 g/mol. The van der Waals surface area contributed by atoms with E-state index in [1.807, 2.05) is 32.9 Å². The van der Waals surface area contributed by atoms with Crippen LogP contribution in [-0.4, -0.2) is 31.0 Å². The van der Waals surface area contributed by atoms with E-state index in [0.29, 0.717) is 10.9 Å². The monoisotopic (exact) mass is 328 g/mol. The van der Waals surface area contributed by atoms with Gasteiger partial charge in [-0.05, 0) is 17.0 Å². The van der Waals surface area contributed by atoms with Crippen molar-refractivity contribution in [1.29, 1.82) is 0 Å². The summed E-state index contributed by atoms with van der Waals surface area (Å²) in [5.41, 5.74) is 1.03. The van der Waals surface area contributed by atoms with Crippen LogP contribution in [-0.2, 0) is 5.41 Å². The fourth-order valence-electron chi connectivity index (χ4n) is 2.44. The quantitative estimate of drug-likeness (QED) is 0.699. The van der Waals surface area contributed by atoms with Crippen LogP contribution < -0.4 is 10.3 Å². The van der Waals surface area contributed by atoms with Gasteiger partial charge in [0.05, 0.1) is 23.3 Å². The lowest BCUT2D eigenvalue weighted by Gasteiger charge is -2.20. The Morgan fingerprint density at radius 3 is 2.75 bits per heavy atom. The van der Waals surface area contributed by atoms with Gasteiger partial charge in [0.1, 0.15) is 0 Å². The van der Waals surface area contributed by atoms with Crippen LogP contribution in [0.1, 0.15) is 26.3 Å². The van der Waals surface area contributed by atoms with E-state index in [0.717, 1.165) is 5.56 Å². The molecule has 8 heteroatoms. The maximum absolute atomic E-state index is 12.4. The zero-order valence-corrected chi connectivity index (χ0v) is 13.4. The zero-order valence-electron chi connectivity index (χ0n) is 13.4. The Balaban J connectivity index is 2.18. The Morgan fingerprint density at radius 1 is 1.33 bits per heavy atom. The van der Waals surface area contributed by atoms with Gasteiger partial charge in [-0.2, -0.15) is 5.10 Å². The lowest BCUT2D eigenvalue weighted by Crippen LogP contribution is -2.18. The molecule has 0 aliphatic carbocycles. The number of ether oxygens (including phenoxy) is 1. The minimum atomic E-state index is -1.44. The number of hydrogen-bond acceptors (Lipinski definition) is 5. The van der Waals surface area contributed by atoms with Crippen LogP contribution in [0.15, 0.2) is 35.4 Å². The molecule has 3 rings (SSSR count). The number of rotatable bonds is 2. The molecule has 0 fully saturated rings. The van der Waals surface area contributed by atoms with Gasteiger partial charge >= 0.3 is 6.16 Å². The van der Waals surface area contributed by atoms with E-state index in [2.05, 4.69) is 19.8 Å². The molecule has 124 valence electrons. The first kappa shape index (κ1) is 15.7. The van der Waals surface area contributed by atoms with E-state index < -0.39 is 6.16 Å². The van der Waals surface area contributed by atoms with Crippen LogP contribution >= 0.6 is 0 Å². The second-order valence-corrected chi connectivity index (χ2v) is 6.33. The van der Waals surface area contributed by atoms with E-state index in [-0.39, 0.29) is 22.7 Å². The lowest BCUT2D eigenvalue weighted by molar-refractivity contribution is 0.144. The van der Waals surface area contributed by atoms with Crippen LogP contribution in [0, 0.1) is 0 Å². The Bertz CT molecular complexity index is 982. The molecule has 24 heavy (non-hydrogen) atoms. The second-order valence-electron chi connectivity index (χ2n) is 6.33. The predicted octanol–water partition coefficient (Wildman–Crippen LogP) is 2.46.